The Hall–Kier alpha value is -4.18. The second-order valence-electron chi connectivity index (χ2n) is 17.2. The van der Waals surface area contributed by atoms with Gasteiger partial charge in [0.1, 0.15) is 0 Å². The molecule has 1 spiro atoms. The molecular weight excluding hydrogens is 673 g/mol. The molecule has 4 heteroatoms. The highest BCUT2D eigenvalue weighted by molar-refractivity contribution is 5.84. The SMILES string of the molecule is CCCCC(CCCC)c1cc(C)c2c(c1)C=[N+]1C3CCCCC3[N+]3=Cc4cc(C(CCCc5ccccc5)CCCc5ccccc5)cc(C)c4OC13O2. The zero-order valence-electron chi connectivity index (χ0n) is 34.1. The van der Waals surface area contributed by atoms with Gasteiger partial charge in [0.2, 0.25) is 12.1 Å². The van der Waals surface area contributed by atoms with E-state index in [0.29, 0.717) is 23.9 Å². The highest BCUT2D eigenvalue weighted by Gasteiger charge is 2.76. The van der Waals surface area contributed by atoms with Crippen LogP contribution in [0.15, 0.2) is 84.9 Å². The Morgan fingerprint density at radius 1 is 0.582 bits per heavy atom. The molecule has 3 heterocycles. The minimum atomic E-state index is -0.993. The Labute approximate surface area is 331 Å². The Morgan fingerprint density at radius 3 is 1.42 bits per heavy atom. The number of aryl methyl sites for hydroxylation is 4. The molecule has 4 aromatic carbocycles. The van der Waals surface area contributed by atoms with Gasteiger partial charge in [0.15, 0.2) is 23.9 Å². The summed E-state index contributed by atoms with van der Waals surface area (Å²) in [5, 5.41) is 0. The smallest absolute Gasteiger partial charge is 0.340 e. The second-order valence-corrected chi connectivity index (χ2v) is 17.2. The van der Waals surface area contributed by atoms with E-state index >= 15 is 0 Å². The minimum absolute atomic E-state index is 0.352. The van der Waals surface area contributed by atoms with E-state index in [1.54, 1.807) is 0 Å². The van der Waals surface area contributed by atoms with E-state index in [1.807, 2.05) is 0 Å². The lowest BCUT2D eigenvalue weighted by Crippen LogP contribution is -2.60. The van der Waals surface area contributed by atoms with Crippen LogP contribution in [0.1, 0.15) is 160 Å². The third-order valence-electron chi connectivity index (χ3n) is 13.2. The molecule has 0 aromatic heterocycles. The number of fused-ring (bicyclic) bond motifs is 5. The summed E-state index contributed by atoms with van der Waals surface area (Å²) in [7, 11) is 0. The molecule has 1 saturated heterocycles. The van der Waals surface area contributed by atoms with Crippen molar-refractivity contribution in [3.63, 3.8) is 0 Å². The summed E-state index contributed by atoms with van der Waals surface area (Å²) >= 11 is 0. The van der Waals surface area contributed by atoms with Crippen molar-refractivity contribution in [3.05, 3.63) is 129 Å². The van der Waals surface area contributed by atoms with Crippen molar-refractivity contribution in [1.82, 2.24) is 0 Å². The zero-order valence-corrected chi connectivity index (χ0v) is 34.1. The van der Waals surface area contributed by atoms with Crippen molar-refractivity contribution in [2.45, 2.75) is 160 Å². The maximum atomic E-state index is 7.35. The van der Waals surface area contributed by atoms with E-state index in [-0.39, 0.29) is 0 Å². The molecule has 4 nitrogen and oxygen atoms in total. The average Bonchev–Trinajstić information content (AvgIpc) is 3.48. The van der Waals surface area contributed by atoms with E-state index in [4.69, 9.17) is 9.47 Å². The Bertz CT molecular complexity index is 1940. The third-order valence-corrected chi connectivity index (χ3v) is 13.2. The van der Waals surface area contributed by atoms with Gasteiger partial charge in [0, 0.05) is 12.8 Å². The Balaban J connectivity index is 1.12. The highest BCUT2D eigenvalue weighted by atomic mass is 16.7. The molecule has 288 valence electrons. The number of ether oxygens (including phenoxy) is 2. The van der Waals surface area contributed by atoms with Crippen molar-refractivity contribution in [1.29, 1.82) is 0 Å². The number of nitrogens with zero attached hydrogens (tertiary/aromatic N) is 2. The molecule has 0 bridgehead atoms. The fraction of sp³-hybridized carbons (Fsp3) is 0.490. The summed E-state index contributed by atoms with van der Waals surface area (Å²) in [4.78, 5) is 0. The van der Waals surface area contributed by atoms with Crippen LogP contribution < -0.4 is 9.47 Å². The summed E-state index contributed by atoms with van der Waals surface area (Å²) < 4.78 is 19.6. The van der Waals surface area contributed by atoms with Crippen molar-refractivity contribution >= 4 is 12.4 Å². The summed E-state index contributed by atoms with van der Waals surface area (Å²) in [6.07, 6.45) is 24.2. The molecule has 1 aliphatic carbocycles. The molecule has 4 aromatic rings. The van der Waals surface area contributed by atoms with Crippen LogP contribution >= 0.6 is 0 Å². The van der Waals surface area contributed by atoms with Gasteiger partial charge in [-0.1, -0.05) is 121 Å². The van der Waals surface area contributed by atoms with Crippen LogP contribution in [0.3, 0.4) is 0 Å². The minimum Gasteiger partial charge on any atom is -0.340 e. The van der Waals surface area contributed by atoms with Crippen molar-refractivity contribution in [3.8, 4) is 11.5 Å². The fourth-order valence-electron chi connectivity index (χ4n) is 10.3. The first-order chi connectivity index (χ1) is 27.0. The molecule has 2 fully saturated rings. The summed E-state index contributed by atoms with van der Waals surface area (Å²) in [6, 6.07) is 31.5. The summed E-state index contributed by atoms with van der Waals surface area (Å²) in [5.41, 5.74) is 10.7. The molecule has 0 radical (unpaired) electrons. The summed E-state index contributed by atoms with van der Waals surface area (Å²) in [5.74, 6) is 3.06. The standard InChI is InChI=1S/C51H64N2O2/c1-5-7-25-41(26-8-6-2)43-31-37(3)49-45(33-43)35-52-47-29-15-16-30-48(47)53-36-46-34-44(32-38(4)50(46)55-51(52,53)54-49)42(27-17-23-39-19-11-9-12-20-39)28-18-24-40-21-13-10-14-22-40/h9-14,19-22,31-36,41-42,47-48H,5-8,15-18,23-30H2,1-4H3/q+2. The predicted octanol–water partition coefficient (Wildman–Crippen LogP) is 12.2. The predicted molar refractivity (Wildman–Crippen MR) is 227 cm³/mol. The van der Waals surface area contributed by atoms with Crippen LogP contribution in [0.5, 0.6) is 11.5 Å². The quantitative estimate of drug-likeness (QED) is 0.107. The van der Waals surface area contributed by atoms with E-state index in [2.05, 4.69) is 134 Å². The normalized spacial score (nSPS) is 20.8. The molecule has 0 N–H and O–H groups in total. The van der Waals surface area contributed by atoms with Gasteiger partial charge in [-0.05, 0) is 135 Å². The van der Waals surface area contributed by atoms with Crippen LogP contribution in [0, 0.1) is 13.8 Å². The lowest BCUT2D eigenvalue weighted by molar-refractivity contribution is -0.866. The molecule has 1 saturated carbocycles. The van der Waals surface area contributed by atoms with Gasteiger partial charge >= 0.3 is 6.03 Å². The largest absolute Gasteiger partial charge is 0.704 e. The lowest BCUT2D eigenvalue weighted by atomic mass is 9.86. The average molecular weight is 737 g/mol. The molecular formula is C51H64N2O2+2. The number of rotatable bonds is 16. The van der Waals surface area contributed by atoms with Crippen LogP contribution in [-0.2, 0) is 12.8 Å². The molecule has 3 unspecified atom stereocenters. The maximum Gasteiger partial charge on any atom is 0.704 e. The highest BCUT2D eigenvalue weighted by Crippen LogP contribution is 2.47. The second kappa shape index (κ2) is 16.9. The first-order valence-corrected chi connectivity index (χ1v) is 22.0. The monoisotopic (exact) mass is 736 g/mol. The molecule has 3 atom stereocenters. The van der Waals surface area contributed by atoms with Gasteiger partial charge in [0.25, 0.3) is 0 Å². The number of unbranched alkanes of at least 4 members (excludes halogenated alkanes) is 2. The summed E-state index contributed by atoms with van der Waals surface area (Å²) in [6.45, 7) is 9.14. The number of hydrogen-bond donors (Lipinski definition) is 0. The van der Waals surface area contributed by atoms with Gasteiger partial charge < -0.3 is 9.47 Å². The van der Waals surface area contributed by atoms with Crippen LogP contribution in [0.25, 0.3) is 0 Å². The van der Waals surface area contributed by atoms with Gasteiger partial charge in [-0.25, -0.2) is 0 Å². The third kappa shape index (κ3) is 7.80. The van der Waals surface area contributed by atoms with E-state index < -0.39 is 6.03 Å². The first kappa shape index (κ1) is 37.7. The van der Waals surface area contributed by atoms with E-state index in [9.17, 15) is 0 Å². The van der Waals surface area contributed by atoms with Crippen molar-refractivity contribution < 1.29 is 18.6 Å². The van der Waals surface area contributed by atoms with E-state index in [0.717, 1.165) is 37.2 Å². The number of benzene rings is 4. The number of hydrogen-bond acceptors (Lipinski definition) is 2. The van der Waals surface area contributed by atoms with Crippen molar-refractivity contribution in [2.24, 2.45) is 0 Å². The molecule has 55 heavy (non-hydrogen) atoms. The molecule has 3 aliphatic heterocycles. The van der Waals surface area contributed by atoms with Crippen molar-refractivity contribution in [2.75, 3.05) is 0 Å². The van der Waals surface area contributed by atoms with Crippen LogP contribution in [0.2, 0.25) is 0 Å². The fourth-order valence-corrected chi connectivity index (χ4v) is 10.3. The van der Waals surface area contributed by atoms with Crippen LogP contribution in [0.4, 0.5) is 0 Å². The van der Waals surface area contributed by atoms with E-state index in [1.165, 1.54) is 122 Å². The lowest BCUT2D eigenvalue weighted by Gasteiger charge is -2.30. The van der Waals surface area contributed by atoms with Gasteiger partial charge in [-0.15, -0.1) is 0 Å². The zero-order chi connectivity index (χ0) is 37.8. The Kier molecular flexibility index (Phi) is 11.6. The van der Waals surface area contributed by atoms with Gasteiger partial charge in [0.05, 0.1) is 11.1 Å². The maximum absolute atomic E-state index is 7.35. The molecule has 0 amide bonds. The van der Waals surface area contributed by atoms with Crippen LogP contribution in [-0.4, -0.2) is 39.7 Å². The first-order valence-electron chi connectivity index (χ1n) is 22.0. The van der Waals surface area contributed by atoms with Gasteiger partial charge in [-0.2, -0.15) is 0 Å². The Morgan fingerprint density at radius 2 is 1.00 bits per heavy atom. The van der Waals surface area contributed by atoms with Gasteiger partial charge in [-0.3, -0.25) is 0 Å². The topological polar surface area (TPSA) is 24.5 Å². The molecule has 8 rings (SSSR count). The molecule has 4 aliphatic rings.